The highest BCUT2D eigenvalue weighted by Gasteiger charge is 1.98. The monoisotopic (exact) mass is 741 g/mol. The molecule has 0 aliphatic carbocycles. The van der Waals surface area contributed by atoms with Gasteiger partial charge in [-0.05, 0) is 12.8 Å². The van der Waals surface area contributed by atoms with E-state index in [0.717, 1.165) is 26.1 Å². The summed E-state index contributed by atoms with van der Waals surface area (Å²) in [6.45, 7) is 18.4. The van der Waals surface area contributed by atoms with Gasteiger partial charge in [0.1, 0.15) is 0 Å². The first-order valence-corrected chi connectivity index (χ1v) is 20.3. The van der Waals surface area contributed by atoms with Crippen LogP contribution in [0.5, 0.6) is 0 Å². The van der Waals surface area contributed by atoms with E-state index in [1.54, 1.807) is 0 Å². The Balaban J connectivity index is 3.04. The predicted octanol–water partition coefficient (Wildman–Crippen LogP) is 6.30. The lowest BCUT2D eigenvalue weighted by Gasteiger charge is -2.09. The Morgan fingerprint density at radius 2 is 0.294 bits per heavy atom. The average molecular weight is 741 g/mol. The van der Waals surface area contributed by atoms with Crippen molar-refractivity contribution in [2.45, 2.75) is 97.3 Å². The molecule has 0 saturated heterocycles. The molecular weight excluding hydrogens is 660 g/mol. The van der Waals surface area contributed by atoms with Crippen molar-refractivity contribution in [1.29, 1.82) is 0 Å². The molecule has 0 aromatic heterocycles. The Hall–Kier alpha value is -0.480. The molecule has 0 unspecified atom stereocenters. The van der Waals surface area contributed by atoms with Crippen molar-refractivity contribution < 1.29 is 56.8 Å². The van der Waals surface area contributed by atoms with Crippen LogP contribution in [0.1, 0.15) is 97.3 Å². The molecule has 0 aromatic rings. The zero-order valence-corrected chi connectivity index (χ0v) is 33.1. The van der Waals surface area contributed by atoms with Gasteiger partial charge < -0.3 is 56.8 Å². The minimum atomic E-state index is 0.522. The lowest BCUT2D eigenvalue weighted by atomic mass is 10.1. The average Bonchev–Trinajstić information content (AvgIpc) is 3.14. The van der Waals surface area contributed by atoms with Crippen molar-refractivity contribution in [3.63, 3.8) is 0 Å². The van der Waals surface area contributed by atoms with Crippen molar-refractivity contribution in [3.05, 3.63) is 0 Å². The van der Waals surface area contributed by atoms with Crippen LogP contribution in [0, 0.1) is 0 Å². The third-order valence-electron chi connectivity index (χ3n) is 7.63. The van der Waals surface area contributed by atoms with Gasteiger partial charge in [0.25, 0.3) is 0 Å². The van der Waals surface area contributed by atoms with Gasteiger partial charge in [0, 0.05) is 13.2 Å². The largest absolute Gasteiger partial charge is 0.379 e. The molecule has 0 rings (SSSR count). The molecular formula is C39H80O12. The normalized spacial score (nSPS) is 11.6. The van der Waals surface area contributed by atoms with E-state index in [1.165, 1.54) is 70.6 Å². The Kier molecular flexibility index (Phi) is 49.1. The molecule has 0 heterocycles. The quantitative estimate of drug-likeness (QED) is 0.0654. The molecule has 0 aliphatic heterocycles. The highest BCUT2D eigenvalue weighted by molar-refractivity contribution is 4.46. The smallest absolute Gasteiger partial charge is 0.0701 e. The second kappa shape index (κ2) is 49.5. The van der Waals surface area contributed by atoms with Gasteiger partial charge in [-0.1, -0.05) is 84.5 Å². The van der Waals surface area contributed by atoms with Gasteiger partial charge in [-0.15, -0.1) is 0 Å². The fourth-order valence-electron chi connectivity index (χ4n) is 4.67. The van der Waals surface area contributed by atoms with Crippen LogP contribution in [0.4, 0.5) is 0 Å². The molecule has 0 amide bonds. The zero-order chi connectivity index (χ0) is 36.6. The van der Waals surface area contributed by atoms with Gasteiger partial charge in [0.15, 0.2) is 0 Å². The summed E-state index contributed by atoms with van der Waals surface area (Å²) in [5, 5.41) is 0. The van der Waals surface area contributed by atoms with Gasteiger partial charge in [0.05, 0.1) is 145 Å². The fraction of sp³-hybridized carbons (Fsp3) is 1.00. The van der Waals surface area contributed by atoms with Crippen LogP contribution in [0.3, 0.4) is 0 Å². The molecule has 0 atom stereocenters. The van der Waals surface area contributed by atoms with Crippen LogP contribution in [-0.4, -0.2) is 159 Å². The minimum absolute atomic E-state index is 0.522. The van der Waals surface area contributed by atoms with E-state index < -0.39 is 0 Å². The van der Waals surface area contributed by atoms with Crippen molar-refractivity contribution in [2.24, 2.45) is 0 Å². The van der Waals surface area contributed by atoms with Crippen LogP contribution >= 0.6 is 0 Å². The van der Waals surface area contributed by atoms with E-state index in [-0.39, 0.29) is 0 Å². The molecule has 0 saturated carbocycles. The first-order chi connectivity index (χ1) is 25.4. The summed E-state index contributed by atoms with van der Waals surface area (Å²) in [5.41, 5.74) is 0. The number of hydrogen-bond acceptors (Lipinski definition) is 12. The van der Waals surface area contributed by atoms with E-state index in [2.05, 4.69) is 13.8 Å². The lowest BCUT2D eigenvalue weighted by molar-refractivity contribution is -0.0284. The molecule has 0 fully saturated rings. The number of unbranched alkanes of at least 4 members (excludes halogenated alkanes) is 11. The molecule has 12 heteroatoms. The second-order valence-electron chi connectivity index (χ2n) is 12.2. The molecule has 0 aliphatic rings. The Morgan fingerprint density at radius 3 is 0.471 bits per heavy atom. The summed E-state index contributed by atoms with van der Waals surface area (Å²) >= 11 is 0. The van der Waals surface area contributed by atoms with Crippen molar-refractivity contribution in [3.8, 4) is 0 Å². The predicted molar refractivity (Wildman–Crippen MR) is 201 cm³/mol. The number of hydrogen-bond donors (Lipinski definition) is 0. The maximum absolute atomic E-state index is 5.63. The Labute approximate surface area is 312 Å². The third-order valence-corrected chi connectivity index (χ3v) is 7.63. The molecule has 0 spiro atoms. The Bertz CT molecular complexity index is 542. The van der Waals surface area contributed by atoms with Crippen molar-refractivity contribution >= 4 is 0 Å². The topological polar surface area (TPSA) is 111 Å². The van der Waals surface area contributed by atoms with E-state index in [4.69, 9.17) is 56.8 Å². The fourth-order valence-corrected chi connectivity index (χ4v) is 4.67. The van der Waals surface area contributed by atoms with Gasteiger partial charge in [-0.3, -0.25) is 0 Å². The molecule has 0 bridgehead atoms. The summed E-state index contributed by atoms with van der Waals surface area (Å²) in [4.78, 5) is 0. The van der Waals surface area contributed by atoms with Crippen molar-refractivity contribution in [2.75, 3.05) is 159 Å². The van der Waals surface area contributed by atoms with E-state index in [9.17, 15) is 0 Å². The molecule has 51 heavy (non-hydrogen) atoms. The molecule has 308 valence electrons. The number of ether oxygens (including phenoxy) is 12. The van der Waals surface area contributed by atoms with Crippen LogP contribution in [0.15, 0.2) is 0 Å². The molecule has 12 nitrogen and oxygen atoms in total. The van der Waals surface area contributed by atoms with Crippen LogP contribution in [-0.2, 0) is 56.8 Å². The SMILES string of the molecule is CCCCCCCCCCOCCOCCOCCOCCOCCOCCOCCOCCOCCOCCOCCOCCCCCCC. The standard InChI is InChI=1S/C39H80O12/c1-3-5-7-9-10-11-13-15-17-41-19-21-43-23-25-45-27-29-47-31-33-49-35-37-51-39-38-50-36-34-48-32-30-46-28-26-44-24-22-42-20-18-40-16-14-12-8-6-4-2/h3-39H2,1-2H3. The van der Waals surface area contributed by atoms with Crippen molar-refractivity contribution in [1.82, 2.24) is 0 Å². The maximum Gasteiger partial charge on any atom is 0.0701 e. The summed E-state index contributed by atoms with van der Waals surface area (Å²) < 4.78 is 66.3. The summed E-state index contributed by atoms with van der Waals surface area (Å²) in [7, 11) is 0. The maximum atomic E-state index is 5.63. The first-order valence-electron chi connectivity index (χ1n) is 20.3. The lowest BCUT2D eigenvalue weighted by Crippen LogP contribution is -2.15. The van der Waals surface area contributed by atoms with E-state index in [0.29, 0.717) is 145 Å². The van der Waals surface area contributed by atoms with E-state index in [1.807, 2.05) is 0 Å². The zero-order valence-electron chi connectivity index (χ0n) is 33.1. The van der Waals surface area contributed by atoms with Crippen LogP contribution < -0.4 is 0 Å². The first kappa shape index (κ1) is 50.5. The highest BCUT2D eigenvalue weighted by Crippen LogP contribution is 2.08. The Morgan fingerprint density at radius 1 is 0.157 bits per heavy atom. The van der Waals surface area contributed by atoms with Gasteiger partial charge in [-0.2, -0.15) is 0 Å². The van der Waals surface area contributed by atoms with Crippen LogP contribution in [0.2, 0.25) is 0 Å². The molecule has 0 aromatic carbocycles. The third kappa shape index (κ3) is 49.5. The second-order valence-corrected chi connectivity index (χ2v) is 12.2. The highest BCUT2D eigenvalue weighted by atomic mass is 16.6. The molecule has 0 radical (unpaired) electrons. The van der Waals surface area contributed by atoms with Gasteiger partial charge >= 0.3 is 0 Å². The summed E-state index contributed by atoms with van der Waals surface area (Å²) in [6, 6.07) is 0. The van der Waals surface area contributed by atoms with Gasteiger partial charge in [-0.25, -0.2) is 0 Å². The van der Waals surface area contributed by atoms with Crippen LogP contribution in [0.25, 0.3) is 0 Å². The minimum Gasteiger partial charge on any atom is -0.379 e. The van der Waals surface area contributed by atoms with Gasteiger partial charge in [0.2, 0.25) is 0 Å². The van der Waals surface area contributed by atoms with E-state index >= 15 is 0 Å². The number of rotatable bonds is 48. The summed E-state index contributed by atoms with van der Waals surface area (Å²) in [5.74, 6) is 0. The molecule has 0 N–H and O–H groups in total. The summed E-state index contributed by atoms with van der Waals surface area (Å²) in [6.07, 6.45) is 16.8.